The molecule has 0 saturated heterocycles. The van der Waals surface area contributed by atoms with Crippen LogP contribution in [0.5, 0.6) is 0 Å². The number of aryl methyl sites for hydroxylation is 1. The van der Waals surface area contributed by atoms with Crippen molar-refractivity contribution in [2.24, 2.45) is 0 Å². The number of hydrogen-bond acceptors (Lipinski definition) is 4. The molecule has 1 N–H and O–H groups in total. The van der Waals surface area contributed by atoms with Gasteiger partial charge in [-0.15, -0.1) is 0 Å². The van der Waals surface area contributed by atoms with Gasteiger partial charge in [-0.1, -0.05) is 23.7 Å². The molecule has 2 aromatic rings. The molecule has 0 aliphatic carbocycles. The third-order valence-corrected chi connectivity index (χ3v) is 5.59. The molecular weight excluding hydrogens is 398 g/mol. The molecule has 1 aromatic heterocycles. The second-order valence-corrected chi connectivity index (χ2v) is 9.09. The summed E-state index contributed by atoms with van der Waals surface area (Å²) in [4.78, 5) is 18.7. The Bertz CT molecular complexity index is 1030. The summed E-state index contributed by atoms with van der Waals surface area (Å²) >= 11 is 5.97. The molecule has 6 nitrogen and oxygen atoms in total. The van der Waals surface area contributed by atoms with E-state index in [1.54, 1.807) is 35.4 Å². The first-order valence-corrected chi connectivity index (χ1v) is 11.1. The van der Waals surface area contributed by atoms with E-state index in [4.69, 9.17) is 11.6 Å². The molecule has 0 radical (unpaired) electrons. The zero-order chi connectivity index (χ0) is 20.3. The van der Waals surface area contributed by atoms with Gasteiger partial charge in [0.1, 0.15) is 0 Å². The van der Waals surface area contributed by atoms with Gasteiger partial charge in [-0.3, -0.25) is 9.78 Å². The lowest BCUT2D eigenvalue weighted by Crippen LogP contribution is -2.36. The highest BCUT2D eigenvalue weighted by Gasteiger charge is 2.23. The summed E-state index contributed by atoms with van der Waals surface area (Å²) in [6.07, 6.45) is 6.87. The number of pyridine rings is 1. The van der Waals surface area contributed by atoms with Crippen molar-refractivity contribution in [2.75, 3.05) is 12.8 Å². The first-order chi connectivity index (χ1) is 13.2. The van der Waals surface area contributed by atoms with Gasteiger partial charge in [0, 0.05) is 42.6 Å². The van der Waals surface area contributed by atoms with Gasteiger partial charge in [-0.25, -0.2) is 13.1 Å². The predicted octanol–water partition coefficient (Wildman–Crippen LogP) is 2.69. The molecule has 0 atom stereocenters. The molecule has 0 unspecified atom stereocenters. The highest BCUT2D eigenvalue weighted by Crippen LogP contribution is 2.24. The Morgan fingerprint density at radius 1 is 1.39 bits per heavy atom. The van der Waals surface area contributed by atoms with Gasteiger partial charge in [0.2, 0.25) is 15.9 Å². The molecule has 0 fully saturated rings. The van der Waals surface area contributed by atoms with Crippen molar-refractivity contribution >= 4 is 33.6 Å². The lowest BCUT2D eigenvalue weighted by molar-refractivity contribution is -0.126. The Labute approximate surface area is 170 Å². The first kappa shape index (κ1) is 20.5. The SMILES string of the molecule is Cc1ncc2c(c1CNS(C)(=O)=O)CCN(C(=O)/C=C/c1cccc(Cl)c1)C2. The summed E-state index contributed by atoms with van der Waals surface area (Å²) in [6.45, 7) is 3.10. The van der Waals surface area contributed by atoms with Crippen molar-refractivity contribution in [3.05, 3.63) is 69.5 Å². The van der Waals surface area contributed by atoms with Gasteiger partial charge in [-0.05, 0) is 53.8 Å². The Morgan fingerprint density at radius 2 is 2.18 bits per heavy atom. The maximum absolute atomic E-state index is 12.6. The number of rotatable bonds is 5. The number of hydrogen-bond donors (Lipinski definition) is 1. The number of aromatic nitrogens is 1. The van der Waals surface area contributed by atoms with Crippen LogP contribution in [-0.4, -0.2) is 37.0 Å². The normalized spacial score (nSPS) is 14.3. The zero-order valence-electron chi connectivity index (χ0n) is 15.8. The van der Waals surface area contributed by atoms with E-state index in [2.05, 4.69) is 9.71 Å². The van der Waals surface area contributed by atoms with Crippen molar-refractivity contribution in [1.82, 2.24) is 14.6 Å². The van der Waals surface area contributed by atoms with Crippen LogP contribution >= 0.6 is 11.6 Å². The van der Waals surface area contributed by atoms with Gasteiger partial charge in [-0.2, -0.15) is 0 Å². The fourth-order valence-electron chi connectivity index (χ4n) is 3.23. The van der Waals surface area contributed by atoms with Crippen molar-refractivity contribution < 1.29 is 13.2 Å². The summed E-state index contributed by atoms with van der Waals surface area (Å²) in [6, 6.07) is 7.30. The van der Waals surface area contributed by atoms with E-state index in [9.17, 15) is 13.2 Å². The van der Waals surface area contributed by atoms with Gasteiger partial charge in [0.05, 0.1) is 6.26 Å². The highest BCUT2D eigenvalue weighted by atomic mass is 35.5. The quantitative estimate of drug-likeness (QED) is 0.755. The number of carbonyl (C=O) groups is 1. The maximum atomic E-state index is 12.6. The van der Waals surface area contributed by atoms with Crippen molar-refractivity contribution in [1.29, 1.82) is 0 Å². The molecule has 1 aliphatic heterocycles. The van der Waals surface area contributed by atoms with E-state index in [0.29, 0.717) is 24.5 Å². The standard InChI is InChI=1S/C20H22ClN3O3S/c1-14-19(12-23-28(2,26)27)18-8-9-24(13-16(18)11-22-14)20(25)7-6-15-4-3-5-17(21)10-15/h3-7,10-11,23H,8-9,12-13H2,1-2H3/b7-6+. The highest BCUT2D eigenvalue weighted by molar-refractivity contribution is 7.88. The summed E-state index contributed by atoms with van der Waals surface area (Å²) in [5, 5.41) is 0.623. The topological polar surface area (TPSA) is 79.4 Å². The predicted molar refractivity (Wildman–Crippen MR) is 110 cm³/mol. The van der Waals surface area contributed by atoms with Gasteiger partial charge >= 0.3 is 0 Å². The minimum atomic E-state index is -3.29. The average molecular weight is 420 g/mol. The molecule has 0 bridgehead atoms. The molecule has 2 heterocycles. The largest absolute Gasteiger partial charge is 0.334 e. The van der Waals surface area contributed by atoms with Gasteiger partial charge in [0.15, 0.2) is 0 Å². The molecule has 0 spiro atoms. The molecule has 28 heavy (non-hydrogen) atoms. The second-order valence-electron chi connectivity index (χ2n) is 6.82. The van der Waals surface area contributed by atoms with Crippen LogP contribution in [0, 0.1) is 6.92 Å². The molecule has 1 aromatic carbocycles. The summed E-state index contributed by atoms with van der Waals surface area (Å²) < 4.78 is 25.4. The van der Waals surface area contributed by atoms with Crippen LogP contribution in [-0.2, 0) is 34.3 Å². The smallest absolute Gasteiger partial charge is 0.246 e. The molecule has 3 rings (SSSR count). The molecular formula is C20H22ClN3O3S. The van der Waals surface area contributed by atoms with Crippen molar-refractivity contribution in [2.45, 2.75) is 26.4 Å². The van der Waals surface area contributed by atoms with E-state index >= 15 is 0 Å². The van der Waals surface area contributed by atoms with E-state index in [-0.39, 0.29) is 12.5 Å². The van der Waals surface area contributed by atoms with Crippen molar-refractivity contribution in [3.63, 3.8) is 0 Å². The van der Waals surface area contributed by atoms with Crippen LogP contribution in [0.3, 0.4) is 0 Å². The molecule has 8 heteroatoms. The maximum Gasteiger partial charge on any atom is 0.246 e. The van der Waals surface area contributed by atoms with Crippen LogP contribution in [0.2, 0.25) is 5.02 Å². The lowest BCUT2D eigenvalue weighted by Gasteiger charge is -2.29. The summed E-state index contributed by atoms with van der Waals surface area (Å²) in [5.41, 5.74) is 4.59. The van der Waals surface area contributed by atoms with Crippen LogP contribution in [0.4, 0.5) is 0 Å². The number of nitrogens with one attached hydrogen (secondary N) is 1. The van der Waals surface area contributed by atoms with Crippen LogP contribution < -0.4 is 4.72 Å². The second kappa shape index (κ2) is 8.43. The molecule has 1 aliphatic rings. The number of halogens is 1. The fourth-order valence-corrected chi connectivity index (χ4v) is 3.84. The number of benzene rings is 1. The van der Waals surface area contributed by atoms with Crippen LogP contribution in [0.1, 0.15) is 27.9 Å². The third kappa shape index (κ3) is 5.19. The number of fused-ring (bicyclic) bond motifs is 1. The lowest BCUT2D eigenvalue weighted by atomic mass is 9.95. The monoisotopic (exact) mass is 419 g/mol. The van der Waals surface area contributed by atoms with E-state index in [1.165, 1.54) is 0 Å². The first-order valence-electron chi connectivity index (χ1n) is 8.86. The Hall–Kier alpha value is -2.22. The molecule has 1 amide bonds. The van der Waals surface area contributed by atoms with E-state index in [1.807, 2.05) is 19.1 Å². The Balaban J connectivity index is 1.74. The van der Waals surface area contributed by atoms with E-state index in [0.717, 1.165) is 34.2 Å². The fraction of sp³-hybridized carbons (Fsp3) is 0.300. The molecule has 0 saturated carbocycles. The van der Waals surface area contributed by atoms with Gasteiger partial charge in [0.25, 0.3) is 0 Å². The number of amides is 1. The average Bonchev–Trinajstić information content (AvgIpc) is 2.64. The summed E-state index contributed by atoms with van der Waals surface area (Å²) in [5.74, 6) is -0.0815. The number of sulfonamides is 1. The van der Waals surface area contributed by atoms with Crippen LogP contribution in [0.25, 0.3) is 6.08 Å². The number of carbonyl (C=O) groups excluding carboxylic acids is 1. The van der Waals surface area contributed by atoms with Crippen molar-refractivity contribution in [3.8, 4) is 0 Å². The Kier molecular flexibility index (Phi) is 6.17. The zero-order valence-corrected chi connectivity index (χ0v) is 17.3. The van der Waals surface area contributed by atoms with Gasteiger partial charge < -0.3 is 4.90 Å². The van der Waals surface area contributed by atoms with E-state index < -0.39 is 10.0 Å². The molecule has 148 valence electrons. The minimum absolute atomic E-state index is 0.0815. The Morgan fingerprint density at radius 3 is 2.89 bits per heavy atom. The minimum Gasteiger partial charge on any atom is -0.334 e. The third-order valence-electron chi connectivity index (χ3n) is 4.69. The number of nitrogens with zero attached hydrogens (tertiary/aromatic N) is 2. The van der Waals surface area contributed by atoms with Crippen LogP contribution in [0.15, 0.2) is 36.5 Å². The summed E-state index contributed by atoms with van der Waals surface area (Å²) in [7, 11) is -3.29.